The first-order valence-corrected chi connectivity index (χ1v) is 20.4. The average molecular weight is 874 g/mol. The van der Waals surface area contributed by atoms with Crippen molar-refractivity contribution in [1.82, 2.24) is 13.9 Å². The van der Waals surface area contributed by atoms with Crippen LogP contribution in [-0.4, -0.2) is 131 Å². The molecule has 0 bridgehead atoms. The maximum Gasteiger partial charge on any atom is 0.408 e. The highest BCUT2D eigenvalue weighted by Crippen LogP contribution is 2.24. The van der Waals surface area contributed by atoms with Crippen molar-refractivity contribution in [2.45, 2.75) is 19.1 Å². The van der Waals surface area contributed by atoms with Crippen LogP contribution in [0.25, 0.3) is 0 Å². The highest BCUT2D eigenvalue weighted by Gasteiger charge is 2.27. The number of hydrogen-bond donors (Lipinski definition) is 5. The van der Waals surface area contributed by atoms with Crippen molar-refractivity contribution in [1.29, 1.82) is 0 Å². The van der Waals surface area contributed by atoms with Crippen LogP contribution in [0.1, 0.15) is 12.0 Å². The minimum atomic E-state index is -3.89. The SMILES string of the molecule is O=C(COc1ccc(NS(=O)(=O)N2CCOCC2)cc1F)COc1ccc(NS(=O)(=O)N2CCOCC2)cc1F.O=C(O)C[C@H](NC(=O)OCc1ccccc1)C(=O)O. The number of rotatable bonds is 18. The highest BCUT2D eigenvalue weighted by atomic mass is 32.2. The van der Waals surface area contributed by atoms with Gasteiger partial charge in [-0.05, 0) is 29.8 Å². The number of morpholine rings is 2. The van der Waals surface area contributed by atoms with Gasteiger partial charge < -0.3 is 39.2 Å². The number of alkyl carbamates (subject to hydrolysis) is 1. The molecule has 3 aromatic carbocycles. The third-order valence-electron chi connectivity index (χ3n) is 7.94. The summed E-state index contributed by atoms with van der Waals surface area (Å²) in [5.41, 5.74) is 0.678. The second-order valence-electron chi connectivity index (χ2n) is 12.3. The van der Waals surface area contributed by atoms with Crippen molar-refractivity contribution < 1.29 is 78.7 Å². The van der Waals surface area contributed by atoms with Gasteiger partial charge in [0.15, 0.2) is 36.3 Å². The van der Waals surface area contributed by atoms with E-state index >= 15 is 0 Å². The lowest BCUT2D eigenvalue weighted by Crippen LogP contribution is -2.43. The summed E-state index contributed by atoms with van der Waals surface area (Å²) >= 11 is 0. The van der Waals surface area contributed by atoms with E-state index < -0.39 is 81.5 Å². The van der Waals surface area contributed by atoms with E-state index in [0.29, 0.717) is 0 Å². The van der Waals surface area contributed by atoms with Gasteiger partial charge in [-0.2, -0.15) is 25.4 Å². The van der Waals surface area contributed by atoms with Crippen molar-refractivity contribution in [3.63, 3.8) is 0 Å². The third-order valence-corrected chi connectivity index (χ3v) is 11.0. The molecule has 0 aromatic heterocycles. The van der Waals surface area contributed by atoms with Gasteiger partial charge in [0.2, 0.25) is 5.78 Å². The Labute approximate surface area is 337 Å². The molecule has 2 aliphatic heterocycles. The monoisotopic (exact) mass is 873 g/mol. The number of halogens is 2. The quantitative estimate of drug-likeness (QED) is 0.122. The van der Waals surface area contributed by atoms with Gasteiger partial charge in [0.25, 0.3) is 0 Å². The van der Waals surface area contributed by atoms with Gasteiger partial charge in [-0.3, -0.25) is 19.0 Å². The summed E-state index contributed by atoms with van der Waals surface area (Å²) in [4.78, 5) is 44.6. The standard InChI is InChI=1S/C23H28F2N4O9S2.C12H13NO6/c24-20-13-17(26-39(31,32)28-5-9-35-10-6-28)1-3-22(20)37-15-19(30)16-38-23-4-2-18(14-21(23)25)27-40(33,34)29-7-11-36-12-8-29;14-10(15)6-9(11(16)17)13-12(18)19-7-8-4-2-1-3-5-8/h1-4,13-14,26-27H,5-12,15-16H2;1-5,9H,6-7H2,(H,13,18)(H,14,15)(H,16,17)/t;9-/m.0/s1. The molecule has 2 saturated heterocycles. The number of ketones is 1. The molecule has 1 amide bonds. The Bertz CT molecular complexity index is 2030. The molecule has 24 heteroatoms. The second kappa shape index (κ2) is 21.9. The molecule has 3 aromatic rings. The summed E-state index contributed by atoms with van der Waals surface area (Å²) in [5.74, 6) is -5.81. The van der Waals surface area contributed by atoms with E-state index in [-0.39, 0.29) is 82.1 Å². The van der Waals surface area contributed by atoms with Crippen LogP contribution in [0.3, 0.4) is 0 Å². The number of carboxylic acid groups (broad SMARTS) is 2. The van der Waals surface area contributed by atoms with Crippen molar-refractivity contribution in [3.8, 4) is 11.5 Å². The number of nitrogens with one attached hydrogen (secondary N) is 3. The van der Waals surface area contributed by atoms with E-state index in [2.05, 4.69) is 9.44 Å². The van der Waals surface area contributed by atoms with E-state index in [0.717, 1.165) is 29.8 Å². The Morgan fingerprint density at radius 2 is 1.17 bits per heavy atom. The first-order valence-electron chi connectivity index (χ1n) is 17.5. The Morgan fingerprint density at radius 1 is 0.712 bits per heavy atom. The topological polar surface area (TPSA) is 266 Å². The van der Waals surface area contributed by atoms with Gasteiger partial charge in [0, 0.05) is 38.3 Å². The van der Waals surface area contributed by atoms with E-state index in [4.69, 9.17) is 33.9 Å². The number of aliphatic carboxylic acids is 2. The molecule has 322 valence electrons. The maximum atomic E-state index is 14.5. The van der Waals surface area contributed by atoms with Gasteiger partial charge in [0.05, 0.1) is 44.2 Å². The van der Waals surface area contributed by atoms with E-state index in [1.54, 1.807) is 30.3 Å². The van der Waals surface area contributed by atoms with E-state index in [9.17, 15) is 44.8 Å². The molecule has 0 radical (unpaired) electrons. The number of nitrogens with zero attached hydrogens (tertiary/aromatic N) is 2. The lowest BCUT2D eigenvalue weighted by atomic mass is 10.2. The summed E-state index contributed by atoms with van der Waals surface area (Å²) in [6.45, 7) is 0.494. The van der Waals surface area contributed by atoms with Crippen LogP contribution in [0, 0.1) is 11.6 Å². The van der Waals surface area contributed by atoms with Crippen LogP contribution < -0.4 is 24.2 Å². The number of anilines is 2. The molecule has 0 unspecified atom stereocenters. The van der Waals surface area contributed by atoms with Crippen molar-refractivity contribution in [3.05, 3.63) is 83.9 Å². The molecular weight excluding hydrogens is 833 g/mol. The Balaban J connectivity index is 0.000000340. The number of ether oxygens (including phenoxy) is 5. The zero-order valence-electron chi connectivity index (χ0n) is 31.1. The number of Topliss-reactive ketones (excluding diaryl/α,β-unsaturated/α-hetero) is 1. The lowest BCUT2D eigenvalue weighted by molar-refractivity contribution is -0.145. The zero-order chi connectivity index (χ0) is 43.0. The van der Waals surface area contributed by atoms with E-state index in [1.807, 2.05) is 5.32 Å². The number of amides is 1. The molecule has 1 atom stereocenters. The maximum absolute atomic E-state index is 14.5. The summed E-state index contributed by atoms with van der Waals surface area (Å²) < 4.78 is 111. The fraction of sp³-hybridized carbons (Fsp3) is 0.371. The number of benzene rings is 3. The van der Waals surface area contributed by atoms with Gasteiger partial charge in [-0.25, -0.2) is 18.4 Å². The molecule has 0 spiro atoms. The molecule has 5 N–H and O–H groups in total. The van der Waals surface area contributed by atoms with Crippen molar-refractivity contribution in [2.24, 2.45) is 0 Å². The minimum absolute atomic E-state index is 0.0217. The molecule has 5 rings (SSSR count). The summed E-state index contributed by atoms with van der Waals surface area (Å²) in [7, 11) is -7.78. The van der Waals surface area contributed by atoms with Gasteiger partial charge in [-0.1, -0.05) is 30.3 Å². The first-order chi connectivity index (χ1) is 28.0. The molecule has 2 aliphatic rings. The largest absolute Gasteiger partial charge is 0.483 e. The van der Waals surface area contributed by atoms with Crippen LogP contribution in [0.15, 0.2) is 66.7 Å². The Hall–Kier alpha value is -5.66. The second-order valence-corrected chi connectivity index (χ2v) is 15.7. The Kier molecular flexibility index (Phi) is 17.1. The van der Waals surface area contributed by atoms with Crippen LogP contribution in [0.4, 0.5) is 25.0 Å². The van der Waals surface area contributed by atoms with Crippen LogP contribution in [-0.2, 0) is 55.6 Å². The first kappa shape index (κ1) is 46.0. The predicted molar refractivity (Wildman–Crippen MR) is 202 cm³/mol. The van der Waals surface area contributed by atoms with Crippen LogP contribution in [0.2, 0.25) is 0 Å². The fourth-order valence-electron chi connectivity index (χ4n) is 5.00. The molecule has 2 heterocycles. The molecule has 2 fully saturated rings. The van der Waals surface area contributed by atoms with Crippen LogP contribution in [0.5, 0.6) is 11.5 Å². The van der Waals surface area contributed by atoms with Crippen molar-refractivity contribution >= 4 is 55.6 Å². The fourth-order valence-corrected chi connectivity index (χ4v) is 7.37. The zero-order valence-corrected chi connectivity index (χ0v) is 32.7. The smallest absolute Gasteiger partial charge is 0.408 e. The number of carbonyl (C=O) groups excluding carboxylic acids is 2. The number of carboxylic acids is 2. The average Bonchev–Trinajstić information content (AvgIpc) is 3.20. The highest BCUT2D eigenvalue weighted by molar-refractivity contribution is 7.90. The number of carbonyl (C=O) groups is 4. The van der Waals surface area contributed by atoms with Gasteiger partial charge in [-0.15, -0.1) is 0 Å². The Morgan fingerprint density at radius 3 is 1.58 bits per heavy atom. The molecular formula is C35H41F2N5O15S2. The van der Waals surface area contributed by atoms with Crippen molar-refractivity contribution in [2.75, 3.05) is 75.3 Å². The molecule has 0 aliphatic carbocycles. The van der Waals surface area contributed by atoms with Crippen LogP contribution >= 0.6 is 0 Å². The van der Waals surface area contributed by atoms with E-state index in [1.165, 1.54) is 20.7 Å². The predicted octanol–water partition coefficient (Wildman–Crippen LogP) is 1.81. The third kappa shape index (κ3) is 15.2. The normalized spacial score (nSPS) is 15.4. The minimum Gasteiger partial charge on any atom is -0.483 e. The summed E-state index contributed by atoms with van der Waals surface area (Å²) in [6.07, 6.45) is -1.69. The summed E-state index contributed by atoms with van der Waals surface area (Å²) in [5, 5.41) is 19.2. The van der Waals surface area contributed by atoms with Gasteiger partial charge >= 0.3 is 38.5 Å². The summed E-state index contributed by atoms with van der Waals surface area (Å²) in [6, 6.07) is 14.0. The van der Waals surface area contributed by atoms with Gasteiger partial charge in [0.1, 0.15) is 12.6 Å². The molecule has 59 heavy (non-hydrogen) atoms. The number of hydrogen-bond acceptors (Lipinski definition) is 13. The lowest BCUT2D eigenvalue weighted by Gasteiger charge is -2.26. The molecule has 0 saturated carbocycles. The molecule has 20 nitrogen and oxygen atoms in total.